The third-order valence-electron chi connectivity index (χ3n) is 11.4. The van der Waals surface area contributed by atoms with Crippen molar-refractivity contribution in [2.24, 2.45) is 23.3 Å². The van der Waals surface area contributed by atoms with Gasteiger partial charge < -0.3 is 25.8 Å². The van der Waals surface area contributed by atoms with Gasteiger partial charge in [-0.05, 0) is 83.6 Å². The summed E-state index contributed by atoms with van der Waals surface area (Å²) < 4.78 is 11.5. The van der Waals surface area contributed by atoms with Crippen molar-refractivity contribution in [3.8, 4) is 0 Å². The number of unbranched alkanes of at least 4 members (excludes halogenated alkanes) is 23. The van der Waals surface area contributed by atoms with Crippen molar-refractivity contribution in [1.82, 2.24) is 4.90 Å². The van der Waals surface area contributed by atoms with Crippen LogP contribution in [0, 0.1) is 11.8 Å². The van der Waals surface area contributed by atoms with E-state index in [9.17, 15) is 14.4 Å². The molecule has 1 saturated heterocycles. The van der Waals surface area contributed by atoms with E-state index in [0.717, 1.165) is 64.2 Å². The summed E-state index contributed by atoms with van der Waals surface area (Å²) in [6, 6.07) is -0.576. The fraction of sp³-hybridized carbons (Fsp3) is 0.854. The average Bonchev–Trinajstić information content (AvgIpc) is 3.61. The van der Waals surface area contributed by atoms with Gasteiger partial charge in [-0.1, -0.05) is 147 Å². The van der Waals surface area contributed by atoms with Crippen molar-refractivity contribution in [2.75, 3.05) is 32.8 Å². The first-order valence-electron chi connectivity index (χ1n) is 23.8. The van der Waals surface area contributed by atoms with E-state index < -0.39 is 6.04 Å². The highest BCUT2D eigenvalue weighted by Crippen LogP contribution is 2.26. The SMILES string of the molecule is CCCCCCCCC=CCCCCCCCC(=O)OC[C@@H]1CN(C(=O)[C@@H](N)CCCCN)C[C@H]1COC(=O)CCCCCCCC=CCCCCCCCC. The van der Waals surface area contributed by atoms with Crippen LogP contribution in [0.2, 0.25) is 0 Å². The highest BCUT2D eigenvalue weighted by Gasteiger charge is 2.38. The molecule has 1 heterocycles. The van der Waals surface area contributed by atoms with Gasteiger partial charge in [0.1, 0.15) is 0 Å². The molecule has 56 heavy (non-hydrogen) atoms. The zero-order valence-electron chi connectivity index (χ0n) is 36.6. The summed E-state index contributed by atoms with van der Waals surface area (Å²) in [5.74, 6) is -0.632. The molecule has 0 aromatic carbocycles. The lowest BCUT2D eigenvalue weighted by molar-refractivity contribution is -0.149. The van der Waals surface area contributed by atoms with Gasteiger partial charge in [0, 0.05) is 37.8 Å². The van der Waals surface area contributed by atoms with Gasteiger partial charge in [0.05, 0.1) is 19.3 Å². The van der Waals surface area contributed by atoms with Crippen molar-refractivity contribution >= 4 is 17.8 Å². The third-order valence-corrected chi connectivity index (χ3v) is 11.4. The van der Waals surface area contributed by atoms with E-state index in [1.165, 1.54) is 116 Å². The highest BCUT2D eigenvalue weighted by atomic mass is 16.5. The maximum Gasteiger partial charge on any atom is 0.305 e. The van der Waals surface area contributed by atoms with Crippen molar-refractivity contribution in [2.45, 2.75) is 219 Å². The van der Waals surface area contributed by atoms with Gasteiger partial charge >= 0.3 is 11.9 Å². The molecule has 4 N–H and O–H groups in total. The molecule has 8 nitrogen and oxygen atoms in total. The molecule has 0 bridgehead atoms. The molecule has 1 rings (SSSR count). The van der Waals surface area contributed by atoms with E-state index in [1.807, 2.05) is 0 Å². The van der Waals surface area contributed by atoms with Crippen molar-refractivity contribution in [3.05, 3.63) is 24.3 Å². The van der Waals surface area contributed by atoms with E-state index >= 15 is 0 Å². The molecule has 1 fully saturated rings. The number of esters is 2. The van der Waals surface area contributed by atoms with Gasteiger partial charge in [-0.3, -0.25) is 14.4 Å². The van der Waals surface area contributed by atoms with E-state index in [4.69, 9.17) is 20.9 Å². The quantitative estimate of drug-likeness (QED) is 0.0361. The smallest absolute Gasteiger partial charge is 0.305 e. The number of hydrogen-bond donors (Lipinski definition) is 2. The number of allylic oxidation sites excluding steroid dienone is 4. The second-order valence-electron chi connectivity index (χ2n) is 16.7. The summed E-state index contributed by atoms with van der Waals surface area (Å²) in [5.41, 5.74) is 11.9. The van der Waals surface area contributed by atoms with Crippen LogP contribution in [0.15, 0.2) is 24.3 Å². The Bertz CT molecular complexity index is 937. The molecule has 1 aliphatic rings. The first-order chi connectivity index (χ1) is 27.4. The lowest BCUT2D eigenvalue weighted by atomic mass is 9.98. The lowest BCUT2D eigenvalue weighted by Gasteiger charge is -2.21. The van der Waals surface area contributed by atoms with Crippen LogP contribution in [-0.4, -0.2) is 61.6 Å². The minimum Gasteiger partial charge on any atom is -0.465 e. The molecule has 0 spiro atoms. The molecule has 1 amide bonds. The Labute approximate surface area is 345 Å². The Hall–Kier alpha value is -2.19. The van der Waals surface area contributed by atoms with Gasteiger partial charge in [-0.25, -0.2) is 0 Å². The van der Waals surface area contributed by atoms with Crippen LogP contribution in [0.1, 0.15) is 213 Å². The predicted octanol–water partition coefficient (Wildman–Crippen LogP) is 11.7. The zero-order valence-corrected chi connectivity index (χ0v) is 36.6. The number of hydrogen-bond acceptors (Lipinski definition) is 7. The Kier molecular flexibility index (Phi) is 35.5. The molecule has 0 aromatic heterocycles. The molecule has 0 saturated carbocycles. The molecule has 1 aliphatic heterocycles. The fourth-order valence-corrected chi connectivity index (χ4v) is 7.59. The molecule has 8 heteroatoms. The van der Waals surface area contributed by atoms with E-state index in [2.05, 4.69) is 38.2 Å². The molecule has 0 unspecified atom stereocenters. The van der Waals surface area contributed by atoms with Crippen LogP contribution in [0.4, 0.5) is 0 Å². The van der Waals surface area contributed by atoms with Crippen LogP contribution >= 0.6 is 0 Å². The number of nitrogens with zero attached hydrogens (tertiary/aromatic N) is 1. The second kappa shape index (κ2) is 38.3. The van der Waals surface area contributed by atoms with Crippen LogP contribution in [0.5, 0.6) is 0 Å². The van der Waals surface area contributed by atoms with Gasteiger partial charge in [-0.15, -0.1) is 0 Å². The van der Waals surface area contributed by atoms with E-state index in [1.54, 1.807) is 4.90 Å². The van der Waals surface area contributed by atoms with E-state index in [0.29, 0.717) is 38.9 Å². The Morgan fingerprint density at radius 2 is 0.893 bits per heavy atom. The standard InChI is InChI=1S/C48H89N3O5/c1-3-5-7-9-11-13-15-17-19-21-23-25-27-29-31-36-46(52)55-41-43-39-51(48(54)45(50)35-33-34-38-49)40-44(43)42-56-47(53)37-32-30-28-26-24-22-20-18-16-14-12-10-8-6-4-2/h17-20,43-45H,3-16,21-42,49-50H2,1-2H3/t43-,44-,45-/m0/s1. The molecule has 0 aliphatic carbocycles. The molecular formula is C48H89N3O5. The third kappa shape index (κ3) is 30.0. The summed E-state index contributed by atoms with van der Waals surface area (Å²) in [4.78, 5) is 40.3. The molecule has 3 atom stereocenters. The number of likely N-dealkylation sites (tertiary alicyclic amines) is 1. The molecular weight excluding hydrogens is 699 g/mol. The summed E-state index contributed by atoms with van der Waals surface area (Å²) in [7, 11) is 0. The van der Waals surface area contributed by atoms with Crippen molar-refractivity contribution in [3.63, 3.8) is 0 Å². The summed E-state index contributed by atoms with van der Waals surface area (Å²) in [5, 5.41) is 0. The summed E-state index contributed by atoms with van der Waals surface area (Å²) in [6.07, 6.45) is 44.1. The van der Waals surface area contributed by atoms with Gasteiger partial charge in [0.25, 0.3) is 0 Å². The maximum absolute atomic E-state index is 13.2. The number of amides is 1. The number of ether oxygens (including phenoxy) is 2. The molecule has 326 valence electrons. The lowest BCUT2D eigenvalue weighted by Crippen LogP contribution is -2.43. The average molecular weight is 788 g/mol. The van der Waals surface area contributed by atoms with Crippen molar-refractivity contribution in [1.29, 1.82) is 0 Å². The summed E-state index contributed by atoms with van der Waals surface area (Å²) >= 11 is 0. The number of carbonyl (C=O) groups excluding carboxylic acids is 3. The van der Waals surface area contributed by atoms with Crippen LogP contribution < -0.4 is 11.5 Å². The van der Waals surface area contributed by atoms with Gasteiger partial charge in [0.15, 0.2) is 0 Å². The Morgan fingerprint density at radius 1 is 0.536 bits per heavy atom. The molecule has 0 aromatic rings. The van der Waals surface area contributed by atoms with Gasteiger partial charge in [0.2, 0.25) is 5.91 Å². The highest BCUT2D eigenvalue weighted by molar-refractivity contribution is 5.82. The first-order valence-corrected chi connectivity index (χ1v) is 23.8. The Morgan fingerprint density at radius 3 is 1.27 bits per heavy atom. The minimum absolute atomic E-state index is 0.0825. The Balaban J connectivity index is 2.31. The largest absolute Gasteiger partial charge is 0.465 e. The normalized spacial score (nSPS) is 16.3. The topological polar surface area (TPSA) is 125 Å². The number of rotatable bonds is 39. The first kappa shape index (κ1) is 51.8. The summed E-state index contributed by atoms with van der Waals surface area (Å²) in [6.45, 7) is 6.48. The fourth-order valence-electron chi connectivity index (χ4n) is 7.59. The van der Waals surface area contributed by atoms with Crippen LogP contribution in [-0.2, 0) is 23.9 Å². The zero-order chi connectivity index (χ0) is 40.7. The number of nitrogens with two attached hydrogens (primary N) is 2. The van der Waals surface area contributed by atoms with Crippen LogP contribution in [0.3, 0.4) is 0 Å². The predicted molar refractivity (Wildman–Crippen MR) is 235 cm³/mol. The monoisotopic (exact) mass is 788 g/mol. The maximum atomic E-state index is 13.2. The molecule has 0 radical (unpaired) electrons. The second-order valence-corrected chi connectivity index (χ2v) is 16.7. The van der Waals surface area contributed by atoms with Gasteiger partial charge in [-0.2, -0.15) is 0 Å². The minimum atomic E-state index is -0.576. The van der Waals surface area contributed by atoms with Crippen molar-refractivity contribution < 1.29 is 23.9 Å². The number of carbonyl (C=O) groups is 3. The van der Waals surface area contributed by atoms with Crippen LogP contribution in [0.25, 0.3) is 0 Å². The van der Waals surface area contributed by atoms with E-state index in [-0.39, 0.29) is 42.9 Å².